The maximum Gasteiger partial charge on any atom is 0.269 e. The molecule has 25 heavy (non-hydrogen) atoms. The van der Waals surface area contributed by atoms with E-state index in [-0.39, 0.29) is 11.9 Å². The molecule has 1 aliphatic heterocycles. The van der Waals surface area contributed by atoms with Crippen LogP contribution in [0.15, 0.2) is 35.8 Å². The minimum absolute atomic E-state index is 0.0470. The Morgan fingerprint density at radius 3 is 2.96 bits per heavy atom. The molecule has 1 fully saturated rings. The summed E-state index contributed by atoms with van der Waals surface area (Å²) in [5.41, 5.74) is 1.70. The summed E-state index contributed by atoms with van der Waals surface area (Å²) in [5.74, 6) is 1.25. The van der Waals surface area contributed by atoms with Crippen molar-refractivity contribution in [2.24, 2.45) is 0 Å². The molecule has 1 saturated heterocycles. The molecule has 130 valence electrons. The number of thiophene rings is 1. The van der Waals surface area contributed by atoms with E-state index in [0.717, 1.165) is 37.3 Å². The summed E-state index contributed by atoms with van der Waals surface area (Å²) in [7, 11) is 0. The van der Waals surface area contributed by atoms with Crippen molar-refractivity contribution in [3.05, 3.63) is 52.9 Å². The van der Waals surface area contributed by atoms with E-state index in [1.807, 2.05) is 19.1 Å². The number of imidazole rings is 1. The lowest BCUT2D eigenvalue weighted by Gasteiger charge is -2.20. The Morgan fingerprint density at radius 2 is 2.12 bits per heavy atom. The summed E-state index contributed by atoms with van der Waals surface area (Å²) >= 11 is 1.71. The smallest absolute Gasteiger partial charge is 0.269 e. The molecule has 6 heteroatoms. The Bertz CT molecular complexity index is 878. The monoisotopic (exact) mass is 354 g/mol. The van der Waals surface area contributed by atoms with E-state index in [4.69, 9.17) is 0 Å². The number of fused-ring (bicyclic) bond motifs is 1. The molecule has 1 aromatic carbocycles. The molecule has 0 unspecified atom stereocenters. The van der Waals surface area contributed by atoms with E-state index in [2.05, 4.69) is 38.1 Å². The van der Waals surface area contributed by atoms with Crippen molar-refractivity contribution in [1.82, 2.24) is 20.6 Å². The SMILES string of the molecule is C[C@H](NC(=O)c1cnc(C2CCNCC2)[nH]1)c1csc2ccccc12. The van der Waals surface area contributed by atoms with Gasteiger partial charge in [0.15, 0.2) is 0 Å². The number of piperidine rings is 1. The van der Waals surface area contributed by atoms with Crippen LogP contribution in [0, 0.1) is 0 Å². The van der Waals surface area contributed by atoms with E-state index in [1.165, 1.54) is 10.1 Å². The van der Waals surface area contributed by atoms with Crippen LogP contribution in [0.4, 0.5) is 0 Å². The fraction of sp³-hybridized carbons (Fsp3) is 0.368. The second-order valence-electron chi connectivity index (χ2n) is 6.59. The highest BCUT2D eigenvalue weighted by molar-refractivity contribution is 7.17. The van der Waals surface area contributed by atoms with E-state index in [0.29, 0.717) is 11.6 Å². The number of nitrogens with one attached hydrogen (secondary N) is 3. The number of hydrogen-bond donors (Lipinski definition) is 3. The van der Waals surface area contributed by atoms with Crippen LogP contribution >= 0.6 is 11.3 Å². The van der Waals surface area contributed by atoms with Gasteiger partial charge in [-0.05, 0) is 55.3 Å². The van der Waals surface area contributed by atoms with Crippen molar-refractivity contribution in [2.45, 2.75) is 31.7 Å². The zero-order valence-electron chi connectivity index (χ0n) is 14.2. The van der Waals surface area contributed by atoms with Crippen molar-refractivity contribution in [3.63, 3.8) is 0 Å². The normalized spacial score (nSPS) is 16.8. The molecule has 1 atom stereocenters. The number of H-pyrrole nitrogens is 1. The van der Waals surface area contributed by atoms with Crippen LogP contribution in [-0.4, -0.2) is 29.0 Å². The number of carbonyl (C=O) groups excluding carboxylic acids is 1. The zero-order valence-corrected chi connectivity index (χ0v) is 15.0. The lowest BCUT2D eigenvalue weighted by atomic mass is 9.98. The molecule has 0 bridgehead atoms. The van der Waals surface area contributed by atoms with Crippen molar-refractivity contribution in [2.75, 3.05) is 13.1 Å². The average molecular weight is 354 g/mol. The average Bonchev–Trinajstić information content (AvgIpc) is 3.30. The Hall–Kier alpha value is -2.18. The van der Waals surface area contributed by atoms with Gasteiger partial charge in [0.25, 0.3) is 5.91 Å². The summed E-state index contributed by atoms with van der Waals surface area (Å²) in [6.07, 6.45) is 3.78. The van der Waals surface area contributed by atoms with Gasteiger partial charge < -0.3 is 15.6 Å². The number of aromatic amines is 1. The third-order valence-corrected chi connectivity index (χ3v) is 5.87. The number of hydrogen-bond acceptors (Lipinski definition) is 4. The van der Waals surface area contributed by atoms with E-state index >= 15 is 0 Å². The molecule has 0 saturated carbocycles. The first-order valence-electron chi connectivity index (χ1n) is 8.75. The zero-order chi connectivity index (χ0) is 17.2. The molecule has 1 amide bonds. The predicted molar refractivity (Wildman–Crippen MR) is 101 cm³/mol. The summed E-state index contributed by atoms with van der Waals surface area (Å²) < 4.78 is 1.24. The minimum Gasteiger partial charge on any atom is -0.344 e. The molecule has 3 heterocycles. The third kappa shape index (κ3) is 3.32. The quantitative estimate of drug-likeness (QED) is 0.671. The Labute approximate surface area is 150 Å². The number of carbonyl (C=O) groups is 1. The van der Waals surface area contributed by atoms with Crippen LogP contribution in [0.5, 0.6) is 0 Å². The summed E-state index contributed by atoms with van der Waals surface area (Å²) in [6.45, 7) is 4.04. The number of rotatable bonds is 4. The molecule has 1 aliphatic rings. The standard InChI is InChI=1S/C19H22N4OS/c1-12(15-11-25-17-5-3-2-4-14(15)17)22-19(24)16-10-21-18(23-16)13-6-8-20-9-7-13/h2-5,10-13,20H,6-9H2,1H3,(H,21,23)(H,22,24)/t12-/m0/s1. The first kappa shape index (κ1) is 16.3. The van der Waals surface area contributed by atoms with E-state index < -0.39 is 0 Å². The molecule has 0 spiro atoms. The van der Waals surface area contributed by atoms with Gasteiger partial charge in [0, 0.05) is 10.6 Å². The largest absolute Gasteiger partial charge is 0.344 e. The van der Waals surface area contributed by atoms with Gasteiger partial charge in [0.1, 0.15) is 11.5 Å². The number of amides is 1. The second kappa shape index (κ2) is 6.98. The van der Waals surface area contributed by atoms with Gasteiger partial charge in [-0.1, -0.05) is 18.2 Å². The fourth-order valence-electron chi connectivity index (χ4n) is 3.44. The maximum absolute atomic E-state index is 12.6. The summed E-state index contributed by atoms with van der Waals surface area (Å²) in [5, 5.41) is 9.78. The molecular formula is C19H22N4OS. The maximum atomic E-state index is 12.6. The molecular weight excluding hydrogens is 332 g/mol. The Balaban J connectivity index is 1.47. The van der Waals surface area contributed by atoms with Crippen LogP contribution < -0.4 is 10.6 Å². The lowest BCUT2D eigenvalue weighted by Crippen LogP contribution is -2.28. The van der Waals surface area contributed by atoms with Crippen molar-refractivity contribution in [1.29, 1.82) is 0 Å². The molecule has 0 radical (unpaired) electrons. The highest BCUT2D eigenvalue weighted by Gasteiger charge is 2.21. The Kier molecular flexibility index (Phi) is 4.55. The van der Waals surface area contributed by atoms with E-state index in [1.54, 1.807) is 17.5 Å². The minimum atomic E-state index is -0.101. The fourth-order valence-corrected chi connectivity index (χ4v) is 4.50. The Morgan fingerprint density at radius 1 is 1.32 bits per heavy atom. The van der Waals surface area contributed by atoms with Gasteiger partial charge in [-0.25, -0.2) is 4.98 Å². The number of benzene rings is 1. The topological polar surface area (TPSA) is 69.8 Å². The van der Waals surface area contributed by atoms with E-state index in [9.17, 15) is 4.79 Å². The van der Waals surface area contributed by atoms with Gasteiger partial charge in [-0.15, -0.1) is 11.3 Å². The van der Waals surface area contributed by atoms with Gasteiger partial charge in [-0.3, -0.25) is 4.79 Å². The van der Waals surface area contributed by atoms with Crippen LogP contribution in [0.1, 0.15) is 53.6 Å². The van der Waals surface area contributed by atoms with Crippen LogP contribution in [0.3, 0.4) is 0 Å². The highest BCUT2D eigenvalue weighted by Crippen LogP contribution is 2.30. The van der Waals surface area contributed by atoms with Crippen LogP contribution in [-0.2, 0) is 0 Å². The van der Waals surface area contributed by atoms with Gasteiger partial charge in [0.05, 0.1) is 12.2 Å². The first-order valence-corrected chi connectivity index (χ1v) is 9.63. The number of nitrogens with zero attached hydrogens (tertiary/aromatic N) is 1. The molecule has 0 aliphatic carbocycles. The molecule has 3 N–H and O–H groups in total. The van der Waals surface area contributed by atoms with Gasteiger partial charge in [0.2, 0.25) is 0 Å². The van der Waals surface area contributed by atoms with Crippen molar-refractivity contribution < 1.29 is 4.79 Å². The molecule has 5 nitrogen and oxygen atoms in total. The highest BCUT2D eigenvalue weighted by atomic mass is 32.1. The van der Waals surface area contributed by atoms with Gasteiger partial charge in [-0.2, -0.15) is 0 Å². The molecule has 4 rings (SSSR count). The number of aromatic nitrogens is 2. The van der Waals surface area contributed by atoms with Crippen LogP contribution in [0.2, 0.25) is 0 Å². The van der Waals surface area contributed by atoms with Crippen LogP contribution in [0.25, 0.3) is 10.1 Å². The molecule has 3 aromatic rings. The van der Waals surface area contributed by atoms with Gasteiger partial charge >= 0.3 is 0 Å². The molecule has 2 aromatic heterocycles. The predicted octanol–water partition coefficient (Wildman–Crippen LogP) is 3.58. The third-order valence-electron chi connectivity index (χ3n) is 4.89. The second-order valence-corrected chi connectivity index (χ2v) is 7.50. The van der Waals surface area contributed by atoms with Crippen molar-refractivity contribution >= 4 is 27.3 Å². The lowest BCUT2D eigenvalue weighted by molar-refractivity contribution is 0.0935. The summed E-state index contributed by atoms with van der Waals surface area (Å²) in [6, 6.07) is 8.24. The summed E-state index contributed by atoms with van der Waals surface area (Å²) in [4.78, 5) is 20.3. The first-order chi connectivity index (χ1) is 12.2. The van der Waals surface area contributed by atoms with Crippen molar-refractivity contribution in [3.8, 4) is 0 Å².